The van der Waals surface area contributed by atoms with E-state index < -0.39 is 0 Å². The van der Waals surface area contributed by atoms with Crippen molar-refractivity contribution in [3.05, 3.63) is 23.0 Å². The fourth-order valence-electron chi connectivity index (χ4n) is 2.17. The van der Waals surface area contributed by atoms with Crippen LogP contribution in [0.1, 0.15) is 16.8 Å². The number of nitrogens with zero attached hydrogens (tertiary/aromatic N) is 3. The fourth-order valence-corrected chi connectivity index (χ4v) is 2.17. The summed E-state index contributed by atoms with van der Waals surface area (Å²) < 4.78 is 0. The smallest absolute Gasteiger partial charge is 0.0593 e. The molecule has 17 heavy (non-hydrogen) atoms. The van der Waals surface area contributed by atoms with Crippen LogP contribution in [0.5, 0.6) is 0 Å². The predicted molar refractivity (Wildman–Crippen MR) is 70.9 cm³/mol. The molecule has 0 amide bonds. The van der Waals surface area contributed by atoms with E-state index in [0.29, 0.717) is 0 Å². The van der Waals surface area contributed by atoms with E-state index in [1.54, 1.807) is 0 Å². The van der Waals surface area contributed by atoms with Crippen LogP contribution in [0.4, 0.5) is 5.69 Å². The van der Waals surface area contributed by atoms with Gasteiger partial charge in [-0.1, -0.05) is 0 Å². The number of aryl methyl sites for hydroxylation is 1. The van der Waals surface area contributed by atoms with Crippen molar-refractivity contribution in [1.82, 2.24) is 14.8 Å². The van der Waals surface area contributed by atoms with Crippen LogP contribution in [0.25, 0.3) is 0 Å². The maximum Gasteiger partial charge on any atom is 0.0593 e. The predicted octanol–water partition coefficient (Wildman–Crippen LogP) is 1.03. The van der Waals surface area contributed by atoms with Gasteiger partial charge in [-0.3, -0.25) is 9.88 Å². The molecule has 2 heterocycles. The van der Waals surface area contributed by atoms with Gasteiger partial charge in [0.05, 0.1) is 5.69 Å². The molecule has 0 spiro atoms. The number of nitrogen functional groups attached to an aromatic ring is 1. The first-order valence-corrected chi connectivity index (χ1v) is 6.19. The zero-order valence-corrected chi connectivity index (χ0v) is 11.0. The van der Waals surface area contributed by atoms with Gasteiger partial charge in [0.1, 0.15) is 0 Å². The van der Waals surface area contributed by atoms with Crippen molar-refractivity contribution in [2.45, 2.75) is 20.4 Å². The highest BCUT2D eigenvalue weighted by molar-refractivity contribution is 5.53. The van der Waals surface area contributed by atoms with Crippen LogP contribution >= 0.6 is 0 Å². The number of rotatable bonds is 2. The van der Waals surface area contributed by atoms with Crippen LogP contribution in [-0.4, -0.2) is 48.0 Å². The average molecular weight is 234 g/mol. The Morgan fingerprint density at radius 1 is 1.24 bits per heavy atom. The zero-order chi connectivity index (χ0) is 12.4. The molecule has 4 heteroatoms. The third-order valence-corrected chi connectivity index (χ3v) is 3.65. The van der Waals surface area contributed by atoms with Gasteiger partial charge in [-0.15, -0.1) is 0 Å². The second-order valence-electron chi connectivity index (χ2n) is 5.01. The Hall–Kier alpha value is -1.13. The van der Waals surface area contributed by atoms with Gasteiger partial charge in [-0.05, 0) is 32.0 Å². The molecule has 0 atom stereocenters. The Bertz CT molecular complexity index is 395. The largest absolute Gasteiger partial charge is 0.398 e. The standard InChI is InChI=1S/C13H22N4/c1-10-8-15-12(11(2)13(10)14)9-17-6-4-16(3)5-7-17/h8H,4-7,9H2,1-3H3,(H2,14,15). The number of pyridine rings is 1. The number of piperazine rings is 1. The van der Waals surface area contributed by atoms with E-state index in [0.717, 1.165) is 55.2 Å². The Kier molecular flexibility index (Phi) is 3.64. The summed E-state index contributed by atoms with van der Waals surface area (Å²) in [5.41, 5.74) is 10.3. The molecule has 1 aliphatic heterocycles. The number of nitrogens with two attached hydrogens (primary N) is 1. The molecular formula is C13H22N4. The normalized spacial score (nSPS) is 18.5. The summed E-state index contributed by atoms with van der Waals surface area (Å²) in [5.74, 6) is 0. The molecule has 2 rings (SSSR count). The third-order valence-electron chi connectivity index (χ3n) is 3.65. The number of hydrogen-bond donors (Lipinski definition) is 1. The van der Waals surface area contributed by atoms with Crippen LogP contribution < -0.4 is 5.73 Å². The highest BCUT2D eigenvalue weighted by Crippen LogP contribution is 2.19. The van der Waals surface area contributed by atoms with Crippen molar-refractivity contribution in [2.24, 2.45) is 0 Å². The molecule has 0 aliphatic carbocycles. The van der Waals surface area contributed by atoms with Crippen molar-refractivity contribution in [3.63, 3.8) is 0 Å². The molecule has 94 valence electrons. The monoisotopic (exact) mass is 234 g/mol. The lowest BCUT2D eigenvalue weighted by molar-refractivity contribution is 0.146. The summed E-state index contributed by atoms with van der Waals surface area (Å²) >= 11 is 0. The molecule has 1 saturated heterocycles. The van der Waals surface area contributed by atoms with E-state index in [1.807, 2.05) is 13.1 Å². The molecule has 1 aromatic heterocycles. The van der Waals surface area contributed by atoms with Gasteiger partial charge >= 0.3 is 0 Å². The summed E-state index contributed by atoms with van der Waals surface area (Å²) in [6.45, 7) is 9.51. The molecule has 0 bridgehead atoms. The molecule has 1 fully saturated rings. The highest BCUT2D eigenvalue weighted by atomic mass is 15.2. The minimum Gasteiger partial charge on any atom is -0.398 e. The van der Waals surface area contributed by atoms with E-state index in [1.165, 1.54) is 0 Å². The summed E-state index contributed by atoms with van der Waals surface area (Å²) in [6.07, 6.45) is 1.88. The van der Waals surface area contributed by atoms with E-state index >= 15 is 0 Å². The lowest BCUT2D eigenvalue weighted by Crippen LogP contribution is -2.44. The maximum atomic E-state index is 6.04. The lowest BCUT2D eigenvalue weighted by atomic mass is 10.1. The lowest BCUT2D eigenvalue weighted by Gasteiger charge is -2.32. The van der Waals surface area contributed by atoms with Gasteiger partial charge in [0.2, 0.25) is 0 Å². The second-order valence-corrected chi connectivity index (χ2v) is 5.01. The minimum atomic E-state index is 0.893. The van der Waals surface area contributed by atoms with Crippen LogP contribution in [0.15, 0.2) is 6.20 Å². The minimum absolute atomic E-state index is 0.893. The highest BCUT2D eigenvalue weighted by Gasteiger charge is 2.16. The molecule has 1 aliphatic rings. The number of aromatic nitrogens is 1. The van der Waals surface area contributed by atoms with E-state index in [2.05, 4.69) is 28.8 Å². The first kappa shape index (κ1) is 12.3. The Morgan fingerprint density at radius 3 is 2.53 bits per heavy atom. The summed E-state index contributed by atoms with van der Waals surface area (Å²) in [6, 6.07) is 0. The number of anilines is 1. The SMILES string of the molecule is Cc1cnc(CN2CCN(C)CC2)c(C)c1N. The Morgan fingerprint density at radius 2 is 1.88 bits per heavy atom. The van der Waals surface area contributed by atoms with Crippen LogP contribution in [-0.2, 0) is 6.54 Å². The average Bonchev–Trinajstić information content (AvgIpc) is 2.33. The van der Waals surface area contributed by atoms with Crippen molar-refractivity contribution < 1.29 is 0 Å². The fraction of sp³-hybridized carbons (Fsp3) is 0.615. The second kappa shape index (κ2) is 5.02. The maximum absolute atomic E-state index is 6.04. The quantitative estimate of drug-likeness (QED) is 0.830. The zero-order valence-electron chi connectivity index (χ0n) is 11.0. The molecule has 0 saturated carbocycles. The van der Waals surface area contributed by atoms with Gasteiger partial charge in [-0.2, -0.15) is 0 Å². The van der Waals surface area contributed by atoms with Gasteiger partial charge in [-0.25, -0.2) is 0 Å². The van der Waals surface area contributed by atoms with Crippen LogP contribution in [0.2, 0.25) is 0 Å². The van der Waals surface area contributed by atoms with E-state index in [4.69, 9.17) is 5.73 Å². The Balaban J connectivity index is 2.06. The summed E-state index contributed by atoms with van der Waals surface area (Å²) in [5, 5.41) is 0. The van der Waals surface area contributed by atoms with Crippen LogP contribution in [0.3, 0.4) is 0 Å². The Labute approximate surface area is 103 Å². The molecule has 1 aromatic rings. The van der Waals surface area contributed by atoms with E-state index in [9.17, 15) is 0 Å². The molecule has 0 aromatic carbocycles. The van der Waals surface area contributed by atoms with Gasteiger partial charge in [0, 0.05) is 44.6 Å². The molecule has 2 N–H and O–H groups in total. The number of hydrogen-bond acceptors (Lipinski definition) is 4. The van der Waals surface area contributed by atoms with Crippen molar-refractivity contribution in [3.8, 4) is 0 Å². The molecule has 0 radical (unpaired) electrons. The summed E-state index contributed by atoms with van der Waals surface area (Å²) in [4.78, 5) is 9.33. The van der Waals surface area contributed by atoms with Gasteiger partial charge in [0.15, 0.2) is 0 Å². The summed E-state index contributed by atoms with van der Waals surface area (Å²) in [7, 11) is 2.17. The van der Waals surface area contributed by atoms with Crippen LogP contribution in [0, 0.1) is 13.8 Å². The third kappa shape index (κ3) is 2.76. The van der Waals surface area contributed by atoms with Crippen molar-refractivity contribution in [2.75, 3.05) is 39.0 Å². The number of likely N-dealkylation sites (N-methyl/N-ethyl adjacent to an activating group) is 1. The first-order valence-electron chi connectivity index (χ1n) is 6.19. The van der Waals surface area contributed by atoms with Gasteiger partial charge < -0.3 is 10.6 Å². The molecular weight excluding hydrogens is 212 g/mol. The molecule has 4 nitrogen and oxygen atoms in total. The topological polar surface area (TPSA) is 45.4 Å². The van der Waals surface area contributed by atoms with E-state index in [-0.39, 0.29) is 0 Å². The van der Waals surface area contributed by atoms with Crippen molar-refractivity contribution in [1.29, 1.82) is 0 Å². The van der Waals surface area contributed by atoms with Gasteiger partial charge in [0.25, 0.3) is 0 Å². The van der Waals surface area contributed by atoms with Crippen molar-refractivity contribution >= 4 is 5.69 Å². The first-order chi connectivity index (χ1) is 8.08. The molecule has 0 unspecified atom stereocenters.